The molecule has 0 radical (unpaired) electrons. The van der Waals surface area contributed by atoms with Crippen molar-refractivity contribution in [2.24, 2.45) is 5.92 Å². The van der Waals surface area contributed by atoms with Gasteiger partial charge >= 0.3 is 0 Å². The smallest absolute Gasteiger partial charge is 0.264 e. The summed E-state index contributed by atoms with van der Waals surface area (Å²) in [5, 5.41) is 3.77. The van der Waals surface area contributed by atoms with Gasteiger partial charge in [0.1, 0.15) is 12.6 Å². The van der Waals surface area contributed by atoms with E-state index in [1.54, 1.807) is 68.4 Å². The van der Waals surface area contributed by atoms with Gasteiger partial charge in [-0.1, -0.05) is 73.4 Å². The van der Waals surface area contributed by atoms with Gasteiger partial charge in [0.2, 0.25) is 11.8 Å². The van der Waals surface area contributed by atoms with Crippen LogP contribution in [0.1, 0.15) is 31.9 Å². The standard InChI is InChI=1S/C29H33Cl2N3O4S/c1-20(2)17-32-29(36)22(4)33(18-23-11-13-24(30)14-12-23)28(35)19-34(25-15-10-21(3)27(31)16-25)39(37,38)26-8-6-5-7-9-26/h5-16,20,22H,17-19H2,1-4H3,(H,32,36)/t22-/m1/s1. The molecule has 1 atom stereocenters. The molecule has 0 saturated heterocycles. The van der Waals surface area contributed by atoms with Gasteiger partial charge in [-0.2, -0.15) is 0 Å². The normalized spacial score (nSPS) is 12.2. The number of anilines is 1. The zero-order valence-corrected chi connectivity index (χ0v) is 24.7. The average Bonchev–Trinajstić information content (AvgIpc) is 2.91. The number of aryl methyl sites for hydroxylation is 1. The molecule has 1 N–H and O–H groups in total. The second-order valence-corrected chi connectivity index (χ2v) is 12.4. The van der Waals surface area contributed by atoms with Gasteiger partial charge in [0.15, 0.2) is 0 Å². The van der Waals surface area contributed by atoms with Crippen molar-refractivity contribution in [3.05, 3.63) is 94.0 Å². The van der Waals surface area contributed by atoms with Crippen molar-refractivity contribution >= 4 is 50.7 Å². The summed E-state index contributed by atoms with van der Waals surface area (Å²) in [4.78, 5) is 28.3. The Kier molecular flexibility index (Phi) is 10.4. The molecular weight excluding hydrogens is 557 g/mol. The fraction of sp³-hybridized carbons (Fsp3) is 0.310. The molecule has 7 nitrogen and oxygen atoms in total. The second kappa shape index (κ2) is 13.3. The predicted octanol–water partition coefficient (Wildman–Crippen LogP) is 5.69. The SMILES string of the molecule is Cc1ccc(N(CC(=O)N(Cc2ccc(Cl)cc2)[C@H](C)C(=O)NCC(C)C)S(=O)(=O)c2ccccc2)cc1Cl. The second-order valence-electron chi connectivity index (χ2n) is 9.72. The monoisotopic (exact) mass is 589 g/mol. The number of nitrogens with one attached hydrogen (secondary N) is 1. The van der Waals surface area contributed by atoms with Gasteiger partial charge in [-0.05, 0) is 67.3 Å². The third-order valence-corrected chi connectivity index (χ3v) is 8.62. The summed E-state index contributed by atoms with van der Waals surface area (Å²) in [5.74, 6) is -0.658. The minimum absolute atomic E-state index is 0.0291. The predicted molar refractivity (Wildman–Crippen MR) is 156 cm³/mol. The van der Waals surface area contributed by atoms with Crippen LogP contribution in [-0.2, 0) is 26.2 Å². The Balaban J connectivity index is 2.02. The van der Waals surface area contributed by atoms with E-state index in [0.717, 1.165) is 15.4 Å². The molecule has 3 rings (SSSR count). The van der Waals surface area contributed by atoms with Crippen LogP contribution < -0.4 is 9.62 Å². The van der Waals surface area contributed by atoms with E-state index in [0.29, 0.717) is 16.6 Å². The van der Waals surface area contributed by atoms with Gasteiger partial charge in [-0.3, -0.25) is 13.9 Å². The number of carbonyl (C=O) groups excluding carboxylic acids is 2. The third kappa shape index (κ3) is 7.97. The molecule has 0 aliphatic heterocycles. The summed E-state index contributed by atoms with van der Waals surface area (Å²) in [5.41, 5.74) is 1.75. The molecule has 0 saturated carbocycles. The first-order valence-electron chi connectivity index (χ1n) is 12.6. The van der Waals surface area contributed by atoms with E-state index in [2.05, 4.69) is 5.32 Å². The average molecular weight is 591 g/mol. The Labute approximate surface area is 240 Å². The van der Waals surface area contributed by atoms with Crippen molar-refractivity contribution < 1.29 is 18.0 Å². The van der Waals surface area contributed by atoms with E-state index >= 15 is 0 Å². The molecule has 0 spiro atoms. The van der Waals surface area contributed by atoms with Crippen LogP contribution in [0.4, 0.5) is 5.69 Å². The molecule has 0 heterocycles. The molecule has 0 unspecified atom stereocenters. The summed E-state index contributed by atoms with van der Waals surface area (Å²) < 4.78 is 28.6. The molecule has 39 heavy (non-hydrogen) atoms. The van der Waals surface area contributed by atoms with Crippen LogP contribution in [-0.4, -0.2) is 44.3 Å². The summed E-state index contributed by atoms with van der Waals surface area (Å²) >= 11 is 12.4. The Morgan fingerprint density at radius 3 is 2.15 bits per heavy atom. The summed E-state index contributed by atoms with van der Waals surface area (Å²) in [7, 11) is -4.15. The number of rotatable bonds is 11. The van der Waals surface area contributed by atoms with Crippen molar-refractivity contribution in [3.63, 3.8) is 0 Å². The van der Waals surface area contributed by atoms with Gasteiger partial charge in [-0.15, -0.1) is 0 Å². The van der Waals surface area contributed by atoms with E-state index in [1.165, 1.54) is 23.1 Å². The lowest BCUT2D eigenvalue weighted by Gasteiger charge is -2.32. The summed E-state index contributed by atoms with van der Waals surface area (Å²) in [6.07, 6.45) is 0. The minimum Gasteiger partial charge on any atom is -0.354 e. The van der Waals surface area contributed by atoms with Gasteiger partial charge < -0.3 is 10.2 Å². The first-order valence-corrected chi connectivity index (χ1v) is 14.7. The number of benzene rings is 3. The van der Waals surface area contributed by atoms with E-state index in [9.17, 15) is 18.0 Å². The van der Waals surface area contributed by atoms with Crippen LogP contribution in [0.2, 0.25) is 10.0 Å². The van der Waals surface area contributed by atoms with Crippen LogP contribution in [0.3, 0.4) is 0 Å². The maximum Gasteiger partial charge on any atom is 0.264 e. The number of amides is 2. The fourth-order valence-electron chi connectivity index (χ4n) is 3.81. The fourth-order valence-corrected chi connectivity index (χ4v) is 5.53. The van der Waals surface area contributed by atoms with Crippen molar-refractivity contribution in [3.8, 4) is 0 Å². The molecular formula is C29H33Cl2N3O4S. The quantitative estimate of drug-likeness (QED) is 0.311. The minimum atomic E-state index is -4.15. The molecule has 0 aliphatic carbocycles. The van der Waals surface area contributed by atoms with Crippen LogP contribution in [0.25, 0.3) is 0 Å². The van der Waals surface area contributed by atoms with Crippen LogP contribution in [0.15, 0.2) is 77.7 Å². The Hall–Kier alpha value is -3.07. The van der Waals surface area contributed by atoms with Gasteiger partial charge in [-0.25, -0.2) is 8.42 Å². The Morgan fingerprint density at radius 2 is 1.56 bits per heavy atom. The van der Waals surface area contributed by atoms with Crippen molar-refractivity contribution in [2.45, 2.75) is 45.2 Å². The van der Waals surface area contributed by atoms with Crippen LogP contribution in [0, 0.1) is 12.8 Å². The molecule has 3 aromatic carbocycles. The third-order valence-electron chi connectivity index (χ3n) is 6.17. The molecule has 208 valence electrons. The lowest BCUT2D eigenvalue weighted by molar-refractivity contribution is -0.139. The molecule has 0 aliphatic rings. The number of hydrogen-bond acceptors (Lipinski definition) is 4. The number of nitrogens with zero attached hydrogens (tertiary/aromatic N) is 2. The molecule has 0 bridgehead atoms. The van der Waals surface area contributed by atoms with Gasteiger partial charge in [0.05, 0.1) is 10.6 Å². The van der Waals surface area contributed by atoms with Crippen molar-refractivity contribution in [1.29, 1.82) is 0 Å². The van der Waals surface area contributed by atoms with E-state index in [-0.39, 0.29) is 29.0 Å². The molecule has 2 amide bonds. The van der Waals surface area contributed by atoms with Crippen LogP contribution >= 0.6 is 23.2 Å². The summed E-state index contributed by atoms with van der Waals surface area (Å²) in [6, 6.07) is 18.8. The highest BCUT2D eigenvalue weighted by Gasteiger charge is 2.32. The number of sulfonamides is 1. The zero-order valence-electron chi connectivity index (χ0n) is 22.4. The number of carbonyl (C=O) groups is 2. The largest absolute Gasteiger partial charge is 0.354 e. The highest BCUT2D eigenvalue weighted by Crippen LogP contribution is 2.28. The highest BCUT2D eigenvalue weighted by molar-refractivity contribution is 7.92. The van der Waals surface area contributed by atoms with Gasteiger partial charge in [0, 0.05) is 23.1 Å². The number of halogens is 2. The van der Waals surface area contributed by atoms with Crippen molar-refractivity contribution in [2.75, 3.05) is 17.4 Å². The van der Waals surface area contributed by atoms with E-state index < -0.39 is 28.5 Å². The summed E-state index contributed by atoms with van der Waals surface area (Å²) in [6.45, 7) is 7.37. The lowest BCUT2D eigenvalue weighted by atomic mass is 10.1. The lowest BCUT2D eigenvalue weighted by Crippen LogP contribution is -2.51. The highest BCUT2D eigenvalue weighted by atomic mass is 35.5. The van der Waals surface area contributed by atoms with E-state index in [4.69, 9.17) is 23.2 Å². The first-order chi connectivity index (χ1) is 18.4. The molecule has 3 aromatic rings. The Morgan fingerprint density at radius 1 is 0.923 bits per heavy atom. The van der Waals surface area contributed by atoms with Crippen LogP contribution in [0.5, 0.6) is 0 Å². The Bertz CT molecular complexity index is 1400. The van der Waals surface area contributed by atoms with Gasteiger partial charge in [0.25, 0.3) is 10.0 Å². The molecule has 0 fully saturated rings. The number of hydrogen-bond donors (Lipinski definition) is 1. The zero-order chi connectivity index (χ0) is 28.7. The van der Waals surface area contributed by atoms with Crippen molar-refractivity contribution in [1.82, 2.24) is 10.2 Å². The first kappa shape index (κ1) is 30.5. The van der Waals surface area contributed by atoms with E-state index in [1.807, 2.05) is 13.8 Å². The molecule has 0 aromatic heterocycles. The maximum atomic E-state index is 13.9. The topological polar surface area (TPSA) is 86.8 Å². The maximum absolute atomic E-state index is 13.9. The molecule has 10 heteroatoms.